The number of rotatable bonds is 5. The molecule has 1 unspecified atom stereocenters. The topological polar surface area (TPSA) is 69.6 Å². The van der Waals surface area contributed by atoms with E-state index in [1.54, 1.807) is 6.92 Å². The molecule has 8 heteroatoms. The minimum absolute atomic E-state index is 0.172. The van der Waals surface area contributed by atoms with Crippen molar-refractivity contribution in [2.45, 2.75) is 26.3 Å². The summed E-state index contributed by atoms with van der Waals surface area (Å²) in [6, 6.07) is 0.142. The Labute approximate surface area is 119 Å². The lowest BCUT2D eigenvalue weighted by Gasteiger charge is -2.27. The van der Waals surface area contributed by atoms with Crippen molar-refractivity contribution in [2.75, 3.05) is 11.9 Å². The van der Waals surface area contributed by atoms with Gasteiger partial charge in [-0.1, -0.05) is 0 Å². The average molecular weight is 304 g/mol. The molecule has 1 rings (SSSR count). The number of amides is 2. The number of halogens is 3. The number of carbonyl (C=O) groups excluding carboxylic acids is 1. The van der Waals surface area contributed by atoms with Crippen molar-refractivity contribution in [2.24, 2.45) is 0 Å². The fourth-order valence-corrected chi connectivity index (χ4v) is 1.83. The molecular formula is C13H15F3N2O3. The predicted molar refractivity (Wildman–Crippen MR) is 69.4 cm³/mol. The predicted octanol–water partition coefficient (Wildman–Crippen LogP) is 2.82. The quantitative estimate of drug-likeness (QED) is 0.822. The van der Waals surface area contributed by atoms with Crippen molar-refractivity contribution >= 4 is 17.7 Å². The Balaban J connectivity index is 2.88. The third kappa shape index (κ3) is 4.11. The normalized spacial score (nSPS) is 11.9. The number of nitrogens with zero attached hydrogens (tertiary/aromatic N) is 1. The van der Waals surface area contributed by atoms with Gasteiger partial charge in [0, 0.05) is 12.6 Å². The van der Waals surface area contributed by atoms with Crippen molar-refractivity contribution < 1.29 is 27.9 Å². The monoisotopic (exact) mass is 304 g/mol. The zero-order valence-corrected chi connectivity index (χ0v) is 11.5. The number of carboxylic acid groups (broad SMARTS) is 1. The summed E-state index contributed by atoms with van der Waals surface area (Å²) in [5.74, 6) is -5.65. The van der Waals surface area contributed by atoms with Gasteiger partial charge in [0.1, 0.15) is 0 Å². The largest absolute Gasteiger partial charge is 0.481 e. The molecule has 0 spiro atoms. The number of urea groups is 1. The molecule has 21 heavy (non-hydrogen) atoms. The average Bonchev–Trinajstić information content (AvgIpc) is 2.39. The van der Waals surface area contributed by atoms with Crippen LogP contribution in [-0.4, -0.2) is 34.6 Å². The summed E-state index contributed by atoms with van der Waals surface area (Å²) in [4.78, 5) is 23.7. The molecule has 0 radical (unpaired) electrons. The highest BCUT2D eigenvalue weighted by molar-refractivity contribution is 5.90. The van der Waals surface area contributed by atoms with Crippen LogP contribution in [0.15, 0.2) is 12.1 Å². The van der Waals surface area contributed by atoms with Gasteiger partial charge in [0.05, 0.1) is 12.1 Å². The minimum atomic E-state index is -1.69. The molecule has 0 heterocycles. The first-order chi connectivity index (χ1) is 9.77. The Hall–Kier alpha value is -2.25. The molecule has 0 aliphatic heterocycles. The van der Waals surface area contributed by atoms with Crippen LogP contribution in [0.2, 0.25) is 0 Å². The van der Waals surface area contributed by atoms with Gasteiger partial charge in [-0.05, 0) is 26.0 Å². The molecule has 0 aliphatic carbocycles. The summed E-state index contributed by atoms with van der Waals surface area (Å²) in [6.07, 6.45) is -0.290. The van der Waals surface area contributed by atoms with Gasteiger partial charge >= 0.3 is 12.0 Å². The standard InChI is InChI=1S/C13H15F3N2O3/c1-3-18(7(2)6-10(19)20)13(21)17-9-5-4-8(14)11(15)12(9)16/h4-5,7H,3,6H2,1-2H3,(H,17,21)(H,19,20). The van der Waals surface area contributed by atoms with Gasteiger partial charge in [-0.25, -0.2) is 18.0 Å². The Kier molecular flexibility index (Phi) is 5.57. The maximum atomic E-state index is 13.5. The Morgan fingerprint density at radius 3 is 2.43 bits per heavy atom. The molecule has 0 saturated carbocycles. The van der Waals surface area contributed by atoms with Crippen molar-refractivity contribution in [1.29, 1.82) is 0 Å². The Morgan fingerprint density at radius 2 is 1.90 bits per heavy atom. The molecule has 2 N–H and O–H groups in total. The smallest absolute Gasteiger partial charge is 0.322 e. The van der Waals surface area contributed by atoms with Crippen LogP contribution in [0.3, 0.4) is 0 Å². The van der Waals surface area contributed by atoms with Crippen molar-refractivity contribution in [3.63, 3.8) is 0 Å². The molecule has 0 aliphatic rings. The van der Waals surface area contributed by atoms with Crippen molar-refractivity contribution in [3.05, 3.63) is 29.6 Å². The van der Waals surface area contributed by atoms with Crippen LogP contribution in [0, 0.1) is 17.5 Å². The van der Waals surface area contributed by atoms with Gasteiger partial charge in [0.15, 0.2) is 17.5 Å². The molecule has 5 nitrogen and oxygen atoms in total. The maximum Gasteiger partial charge on any atom is 0.322 e. The van der Waals surface area contributed by atoms with E-state index in [-0.39, 0.29) is 13.0 Å². The number of aliphatic carboxylic acids is 1. The fraction of sp³-hybridized carbons (Fsp3) is 0.385. The highest BCUT2D eigenvalue weighted by Gasteiger charge is 2.22. The highest BCUT2D eigenvalue weighted by Crippen LogP contribution is 2.20. The van der Waals surface area contributed by atoms with Crippen LogP contribution in [0.4, 0.5) is 23.7 Å². The second-order valence-corrected chi connectivity index (χ2v) is 4.39. The van der Waals surface area contributed by atoms with Crippen LogP contribution >= 0.6 is 0 Å². The van der Waals surface area contributed by atoms with Crippen LogP contribution in [0.5, 0.6) is 0 Å². The van der Waals surface area contributed by atoms with E-state index in [2.05, 4.69) is 5.32 Å². The summed E-state index contributed by atoms with van der Waals surface area (Å²) in [6.45, 7) is 3.30. The lowest BCUT2D eigenvalue weighted by atomic mass is 10.2. The van der Waals surface area contributed by atoms with E-state index in [9.17, 15) is 22.8 Å². The van der Waals surface area contributed by atoms with E-state index in [0.29, 0.717) is 6.07 Å². The van der Waals surface area contributed by atoms with Crippen molar-refractivity contribution in [3.8, 4) is 0 Å². The second-order valence-electron chi connectivity index (χ2n) is 4.39. The Morgan fingerprint density at radius 1 is 1.29 bits per heavy atom. The Bertz CT molecular complexity index is 552. The van der Waals surface area contributed by atoms with E-state index in [1.165, 1.54) is 6.92 Å². The van der Waals surface area contributed by atoms with Crippen LogP contribution in [0.1, 0.15) is 20.3 Å². The molecule has 1 aromatic carbocycles. The minimum Gasteiger partial charge on any atom is -0.481 e. The van der Waals surface area contributed by atoms with Gasteiger partial charge in [-0.15, -0.1) is 0 Å². The zero-order chi connectivity index (χ0) is 16.2. The molecule has 116 valence electrons. The van der Waals surface area contributed by atoms with E-state index < -0.39 is 41.2 Å². The second kappa shape index (κ2) is 6.96. The number of benzene rings is 1. The van der Waals surface area contributed by atoms with Gasteiger partial charge in [-0.2, -0.15) is 0 Å². The number of hydrogen-bond donors (Lipinski definition) is 2. The molecular weight excluding hydrogens is 289 g/mol. The number of carboxylic acids is 1. The molecule has 0 saturated heterocycles. The number of hydrogen-bond acceptors (Lipinski definition) is 2. The SMILES string of the molecule is CCN(C(=O)Nc1ccc(F)c(F)c1F)C(C)CC(=O)O. The first kappa shape index (κ1) is 16.8. The molecule has 0 aromatic heterocycles. The molecule has 2 amide bonds. The van der Waals surface area contributed by atoms with Crippen LogP contribution < -0.4 is 5.32 Å². The first-order valence-corrected chi connectivity index (χ1v) is 6.20. The first-order valence-electron chi connectivity index (χ1n) is 6.20. The highest BCUT2D eigenvalue weighted by atomic mass is 19.2. The van der Waals surface area contributed by atoms with E-state index >= 15 is 0 Å². The summed E-state index contributed by atoms with van der Waals surface area (Å²) in [7, 11) is 0. The van der Waals surface area contributed by atoms with Crippen LogP contribution in [0.25, 0.3) is 0 Å². The number of carbonyl (C=O) groups is 2. The van der Waals surface area contributed by atoms with E-state index in [4.69, 9.17) is 5.11 Å². The van der Waals surface area contributed by atoms with Crippen LogP contribution in [-0.2, 0) is 4.79 Å². The van der Waals surface area contributed by atoms with Gasteiger partial charge in [-0.3, -0.25) is 4.79 Å². The summed E-state index contributed by atoms with van der Waals surface area (Å²) in [5.41, 5.74) is -0.514. The van der Waals surface area contributed by atoms with E-state index in [1.807, 2.05) is 0 Å². The summed E-state index contributed by atoms with van der Waals surface area (Å²) in [5, 5.41) is 10.8. The fourth-order valence-electron chi connectivity index (χ4n) is 1.83. The van der Waals surface area contributed by atoms with Gasteiger partial charge < -0.3 is 15.3 Å². The maximum absolute atomic E-state index is 13.5. The molecule has 1 atom stereocenters. The lowest BCUT2D eigenvalue weighted by Crippen LogP contribution is -2.42. The molecule has 0 fully saturated rings. The summed E-state index contributed by atoms with van der Waals surface area (Å²) >= 11 is 0. The molecule has 0 bridgehead atoms. The molecule has 1 aromatic rings. The van der Waals surface area contributed by atoms with Gasteiger partial charge in [0.2, 0.25) is 0 Å². The third-order valence-corrected chi connectivity index (χ3v) is 2.88. The van der Waals surface area contributed by atoms with E-state index in [0.717, 1.165) is 11.0 Å². The number of anilines is 1. The lowest BCUT2D eigenvalue weighted by molar-refractivity contribution is -0.137. The van der Waals surface area contributed by atoms with Crippen molar-refractivity contribution in [1.82, 2.24) is 4.90 Å². The zero-order valence-electron chi connectivity index (χ0n) is 11.5. The van der Waals surface area contributed by atoms with Gasteiger partial charge in [0.25, 0.3) is 0 Å². The summed E-state index contributed by atoms with van der Waals surface area (Å²) < 4.78 is 39.3. The number of nitrogens with one attached hydrogen (secondary N) is 1. The third-order valence-electron chi connectivity index (χ3n) is 2.88.